The highest BCUT2D eigenvalue weighted by molar-refractivity contribution is 7.09. The Hall–Kier alpha value is -0.410. The van der Waals surface area contributed by atoms with E-state index in [9.17, 15) is 0 Å². The number of hydrogen-bond donors (Lipinski definition) is 1. The fraction of sp³-hybridized carbons (Fsp3) is 0.667. The van der Waals surface area contributed by atoms with Crippen molar-refractivity contribution in [3.8, 4) is 0 Å². The number of rotatable bonds is 4. The molecule has 12 heavy (non-hydrogen) atoms. The minimum Gasteiger partial charge on any atom is -0.308 e. The fourth-order valence-electron chi connectivity index (χ4n) is 1.11. The molecule has 0 spiro atoms. The molecule has 1 fully saturated rings. The van der Waals surface area contributed by atoms with Crippen molar-refractivity contribution in [2.75, 3.05) is 0 Å². The average Bonchev–Trinajstić information content (AvgIpc) is 2.81. The molecule has 0 radical (unpaired) electrons. The van der Waals surface area contributed by atoms with Gasteiger partial charge in [-0.3, -0.25) is 0 Å². The number of aromatic nitrogens is 1. The summed E-state index contributed by atoms with van der Waals surface area (Å²) in [6.45, 7) is 3.11. The summed E-state index contributed by atoms with van der Waals surface area (Å²) in [5, 5.41) is 6.85. The zero-order chi connectivity index (χ0) is 8.39. The topological polar surface area (TPSA) is 24.9 Å². The van der Waals surface area contributed by atoms with Crippen LogP contribution in [0.2, 0.25) is 0 Å². The zero-order valence-corrected chi connectivity index (χ0v) is 8.16. The lowest BCUT2D eigenvalue weighted by atomic mass is 10.4. The van der Waals surface area contributed by atoms with Gasteiger partial charge in [0.25, 0.3) is 0 Å². The van der Waals surface area contributed by atoms with Crippen molar-refractivity contribution in [2.45, 2.75) is 38.8 Å². The number of thiazole rings is 1. The Kier molecular flexibility index (Phi) is 2.42. The molecule has 0 aromatic carbocycles. The highest BCUT2D eigenvalue weighted by atomic mass is 32.1. The van der Waals surface area contributed by atoms with E-state index < -0.39 is 0 Å². The third-order valence-electron chi connectivity index (χ3n) is 2.08. The van der Waals surface area contributed by atoms with E-state index >= 15 is 0 Å². The maximum atomic E-state index is 4.48. The maximum Gasteiger partial charge on any atom is 0.107 e. The SMILES string of the molecule is CCc1csc(CNC2CC2)n1. The van der Waals surface area contributed by atoms with Gasteiger partial charge in [0.2, 0.25) is 0 Å². The van der Waals surface area contributed by atoms with Gasteiger partial charge in [-0.2, -0.15) is 0 Å². The van der Waals surface area contributed by atoms with Crippen LogP contribution in [0.15, 0.2) is 5.38 Å². The van der Waals surface area contributed by atoms with E-state index in [0.29, 0.717) is 0 Å². The first-order chi connectivity index (χ1) is 5.88. The van der Waals surface area contributed by atoms with E-state index in [1.807, 2.05) is 0 Å². The van der Waals surface area contributed by atoms with Crippen molar-refractivity contribution in [3.63, 3.8) is 0 Å². The predicted molar refractivity (Wildman–Crippen MR) is 51.4 cm³/mol. The standard InChI is InChI=1S/C9H14N2S/c1-2-7-6-12-9(11-7)5-10-8-3-4-8/h6,8,10H,2-5H2,1H3. The van der Waals surface area contributed by atoms with Gasteiger partial charge in [0, 0.05) is 18.0 Å². The number of aryl methyl sites for hydroxylation is 1. The van der Waals surface area contributed by atoms with Crippen molar-refractivity contribution in [1.82, 2.24) is 10.3 Å². The Morgan fingerprint density at radius 1 is 1.67 bits per heavy atom. The van der Waals surface area contributed by atoms with Crippen LogP contribution in [0.4, 0.5) is 0 Å². The van der Waals surface area contributed by atoms with E-state index in [1.165, 1.54) is 23.5 Å². The number of nitrogens with one attached hydrogen (secondary N) is 1. The molecule has 2 rings (SSSR count). The molecule has 1 heterocycles. The second-order valence-electron chi connectivity index (χ2n) is 3.24. The Morgan fingerprint density at radius 3 is 3.08 bits per heavy atom. The summed E-state index contributed by atoms with van der Waals surface area (Å²) in [4.78, 5) is 4.48. The second kappa shape index (κ2) is 3.54. The Morgan fingerprint density at radius 2 is 2.50 bits per heavy atom. The van der Waals surface area contributed by atoms with Crippen LogP contribution in [0.25, 0.3) is 0 Å². The van der Waals surface area contributed by atoms with Crippen LogP contribution in [-0.4, -0.2) is 11.0 Å². The molecule has 0 saturated heterocycles. The fourth-order valence-corrected chi connectivity index (χ4v) is 1.94. The van der Waals surface area contributed by atoms with Gasteiger partial charge in [-0.25, -0.2) is 4.98 Å². The van der Waals surface area contributed by atoms with E-state index in [1.54, 1.807) is 11.3 Å². The minimum atomic E-state index is 0.791. The molecule has 3 heteroatoms. The first-order valence-electron chi connectivity index (χ1n) is 4.55. The minimum absolute atomic E-state index is 0.791. The van der Waals surface area contributed by atoms with Crippen LogP contribution in [0.5, 0.6) is 0 Å². The molecule has 0 unspecified atom stereocenters. The molecule has 1 N–H and O–H groups in total. The summed E-state index contributed by atoms with van der Waals surface area (Å²) in [6, 6.07) is 0.791. The lowest BCUT2D eigenvalue weighted by Crippen LogP contribution is -2.14. The van der Waals surface area contributed by atoms with Crippen LogP contribution in [0, 0.1) is 0 Å². The van der Waals surface area contributed by atoms with Crippen molar-refractivity contribution < 1.29 is 0 Å². The lowest BCUT2D eigenvalue weighted by Gasteiger charge is -1.96. The molecule has 1 aromatic rings. The summed E-state index contributed by atoms with van der Waals surface area (Å²) in [7, 11) is 0. The maximum absolute atomic E-state index is 4.48. The molecule has 0 amide bonds. The van der Waals surface area contributed by atoms with E-state index in [0.717, 1.165) is 19.0 Å². The summed E-state index contributed by atoms with van der Waals surface area (Å²) in [6.07, 6.45) is 3.76. The van der Waals surface area contributed by atoms with Gasteiger partial charge in [0.15, 0.2) is 0 Å². The number of nitrogens with zero attached hydrogens (tertiary/aromatic N) is 1. The first kappa shape index (κ1) is 8.20. The van der Waals surface area contributed by atoms with Gasteiger partial charge >= 0.3 is 0 Å². The third kappa shape index (κ3) is 2.05. The Bertz CT molecular complexity index is 253. The summed E-state index contributed by atoms with van der Waals surface area (Å²) in [5.74, 6) is 0. The first-order valence-corrected chi connectivity index (χ1v) is 5.43. The highest BCUT2D eigenvalue weighted by Crippen LogP contribution is 2.20. The monoisotopic (exact) mass is 182 g/mol. The number of hydrogen-bond acceptors (Lipinski definition) is 3. The smallest absolute Gasteiger partial charge is 0.107 e. The van der Waals surface area contributed by atoms with Crippen molar-refractivity contribution in [2.24, 2.45) is 0 Å². The van der Waals surface area contributed by atoms with Gasteiger partial charge in [0.05, 0.1) is 5.69 Å². The van der Waals surface area contributed by atoms with Crippen LogP contribution >= 0.6 is 11.3 Å². The lowest BCUT2D eigenvalue weighted by molar-refractivity contribution is 0.682. The molecule has 1 aliphatic carbocycles. The molecule has 0 aliphatic heterocycles. The molecular formula is C9H14N2S. The van der Waals surface area contributed by atoms with E-state index in [-0.39, 0.29) is 0 Å². The summed E-state index contributed by atoms with van der Waals surface area (Å²) < 4.78 is 0. The normalized spacial score (nSPS) is 16.8. The molecule has 0 bridgehead atoms. The molecule has 66 valence electrons. The Labute approximate surface area is 77.0 Å². The average molecular weight is 182 g/mol. The van der Waals surface area contributed by atoms with Crippen LogP contribution in [0.3, 0.4) is 0 Å². The zero-order valence-electron chi connectivity index (χ0n) is 7.34. The van der Waals surface area contributed by atoms with Crippen LogP contribution < -0.4 is 5.32 Å². The third-order valence-corrected chi connectivity index (χ3v) is 2.98. The second-order valence-corrected chi connectivity index (χ2v) is 4.18. The van der Waals surface area contributed by atoms with Crippen molar-refractivity contribution >= 4 is 11.3 Å². The molecule has 1 saturated carbocycles. The molecule has 2 nitrogen and oxygen atoms in total. The highest BCUT2D eigenvalue weighted by Gasteiger charge is 2.20. The van der Waals surface area contributed by atoms with E-state index in [4.69, 9.17) is 0 Å². The largest absolute Gasteiger partial charge is 0.308 e. The van der Waals surface area contributed by atoms with Crippen LogP contribution in [0.1, 0.15) is 30.5 Å². The van der Waals surface area contributed by atoms with Crippen molar-refractivity contribution in [3.05, 3.63) is 16.1 Å². The quantitative estimate of drug-likeness (QED) is 0.770. The van der Waals surface area contributed by atoms with Gasteiger partial charge in [-0.05, 0) is 19.3 Å². The Balaban J connectivity index is 1.84. The molecule has 0 atom stereocenters. The van der Waals surface area contributed by atoms with Gasteiger partial charge in [-0.15, -0.1) is 11.3 Å². The van der Waals surface area contributed by atoms with Gasteiger partial charge in [-0.1, -0.05) is 6.92 Å². The van der Waals surface area contributed by atoms with Crippen molar-refractivity contribution in [1.29, 1.82) is 0 Å². The summed E-state index contributed by atoms with van der Waals surface area (Å²) in [5.41, 5.74) is 1.23. The molecule has 1 aliphatic rings. The predicted octanol–water partition coefficient (Wildman–Crippen LogP) is 1.96. The summed E-state index contributed by atoms with van der Waals surface area (Å²) >= 11 is 1.77. The molecule has 1 aromatic heterocycles. The molecular weight excluding hydrogens is 168 g/mol. The van der Waals surface area contributed by atoms with Gasteiger partial charge < -0.3 is 5.32 Å². The van der Waals surface area contributed by atoms with Crippen LogP contribution in [-0.2, 0) is 13.0 Å². The van der Waals surface area contributed by atoms with E-state index in [2.05, 4.69) is 22.6 Å². The van der Waals surface area contributed by atoms with Gasteiger partial charge in [0.1, 0.15) is 5.01 Å².